The van der Waals surface area contributed by atoms with E-state index in [0.29, 0.717) is 0 Å². The van der Waals surface area contributed by atoms with Gasteiger partial charge in [-0.2, -0.15) is 0 Å². The number of hydrogen-bond acceptors (Lipinski definition) is 3. The Morgan fingerprint density at radius 2 is 2.33 bits per heavy atom. The van der Waals surface area contributed by atoms with E-state index in [1.54, 1.807) is 6.20 Å². The molecular formula is C12H18N2O. The zero-order valence-corrected chi connectivity index (χ0v) is 9.66. The highest BCUT2D eigenvalue weighted by molar-refractivity contribution is 5.19. The lowest BCUT2D eigenvalue weighted by Crippen LogP contribution is -2.58. The molecule has 0 radical (unpaired) electrons. The molecule has 2 rings (SSSR count). The third-order valence-electron chi connectivity index (χ3n) is 3.34. The third-order valence-corrected chi connectivity index (χ3v) is 3.34. The van der Waals surface area contributed by atoms with Crippen LogP contribution in [-0.2, 0) is 0 Å². The second-order valence-corrected chi connectivity index (χ2v) is 4.59. The first-order valence-corrected chi connectivity index (χ1v) is 5.37. The summed E-state index contributed by atoms with van der Waals surface area (Å²) >= 11 is 0. The Labute approximate surface area is 91.1 Å². The molecule has 1 aliphatic heterocycles. The van der Waals surface area contributed by atoms with Gasteiger partial charge in [0.05, 0.1) is 11.7 Å². The fourth-order valence-electron chi connectivity index (χ4n) is 1.68. The molecule has 0 unspecified atom stereocenters. The number of hydrogen-bond donors (Lipinski definition) is 0. The standard InChI is InChI=1S/C12H18N2O/c1-10-4-5-11(8-13-10)15-9-12(2)6-7-14(12)3/h4-5,8H,6-7,9H2,1-3H3/t12-/m0/s1. The van der Waals surface area contributed by atoms with E-state index in [0.717, 1.165) is 18.1 Å². The predicted molar refractivity (Wildman–Crippen MR) is 60.1 cm³/mol. The average Bonchev–Trinajstić information content (AvgIpc) is 2.26. The van der Waals surface area contributed by atoms with Crippen molar-refractivity contribution in [2.24, 2.45) is 0 Å². The first-order valence-electron chi connectivity index (χ1n) is 5.37. The van der Waals surface area contributed by atoms with Gasteiger partial charge in [0.15, 0.2) is 0 Å². The first-order chi connectivity index (χ1) is 7.10. The SMILES string of the molecule is Cc1ccc(OC[C@]2(C)CCN2C)cn1. The third kappa shape index (κ3) is 2.12. The summed E-state index contributed by atoms with van der Waals surface area (Å²) in [4.78, 5) is 6.53. The van der Waals surface area contributed by atoms with E-state index in [-0.39, 0.29) is 5.54 Å². The van der Waals surface area contributed by atoms with Crippen molar-refractivity contribution in [3.05, 3.63) is 24.0 Å². The minimum absolute atomic E-state index is 0.213. The lowest BCUT2D eigenvalue weighted by atomic mass is 9.88. The van der Waals surface area contributed by atoms with Gasteiger partial charge in [0.1, 0.15) is 12.4 Å². The molecule has 3 nitrogen and oxygen atoms in total. The maximum atomic E-state index is 5.73. The van der Waals surface area contributed by atoms with Crippen LogP contribution in [-0.4, -0.2) is 35.6 Å². The zero-order chi connectivity index (χ0) is 10.9. The topological polar surface area (TPSA) is 25.4 Å². The molecule has 0 N–H and O–H groups in total. The summed E-state index contributed by atoms with van der Waals surface area (Å²) in [5, 5.41) is 0. The molecule has 0 aliphatic carbocycles. The van der Waals surface area contributed by atoms with Crippen LogP contribution in [0.25, 0.3) is 0 Å². The molecule has 0 bridgehead atoms. The van der Waals surface area contributed by atoms with Crippen molar-refractivity contribution in [1.29, 1.82) is 0 Å². The van der Waals surface area contributed by atoms with Gasteiger partial charge in [0.25, 0.3) is 0 Å². The number of pyridine rings is 1. The van der Waals surface area contributed by atoms with E-state index in [9.17, 15) is 0 Å². The Morgan fingerprint density at radius 3 is 2.80 bits per heavy atom. The van der Waals surface area contributed by atoms with Gasteiger partial charge in [0, 0.05) is 12.2 Å². The van der Waals surface area contributed by atoms with Gasteiger partial charge < -0.3 is 4.74 Å². The lowest BCUT2D eigenvalue weighted by molar-refractivity contribution is -0.0109. The van der Waals surface area contributed by atoms with Crippen LogP contribution >= 0.6 is 0 Å². The normalized spacial score (nSPS) is 26.1. The fraction of sp³-hybridized carbons (Fsp3) is 0.583. The van der Waals surface area contributed by atoms with Gasteiger partial charge in [0.2, 0.25) is 0 Å². The summed E-state index contributed by atoms with van der Waals surface area (Å²) in [5.41, 5.74) is 1.24. The average molecular weight is 206 g/mol. The monoisotopic (exact) mass is 206 g/mol. The van der Waals surface area contributed by atoms with E-state index in [1.807, 2.05) is 19.1 Å². The lowest BCUT2D eigenvalue weighted by Gasteiger charge is -2.48. The van der Waals surface area contributed by atoms with Gasteiger partial charge in [-0.15, -0.1) is 0 Å². The highest BCUT2D eigenvalue weighted by atomic mass is 16.5. The van der Waals surface area contributed by atoms with Gasteiger partial charge in [-0.25, -0.2) is 0 Å². The summed E-state index contributed by atoms with van der Waals surface area (Å²) < 4.78 is 5.73. The summed E-state index contributed by atoms with van der Waals surface area (Å²) in [6.45, 7) is 6.13. The highest BCUT2D eigenvalue weighted by Gasteiger charge is 2.38. The predicted octanol–water partition coefficient (Wildman–Crippen LogP) is 1.86. The second-order valence-electron chi connectivity index (χ2n) is 4.59. The van der Waals surface area contributed by atoms with E-state index in [1.165, 1.54) is 13.0 Å². The minimum atomic E-state index is 0.213. The van der Waals surface area contributed by atoms with E-state index < -0.39 is 0 Å². The first kappa shape index (κ1) is 10.4. The summed E-state index contributed by atoms with van der Waals surface area (Å²) in [6, 6.07) is 3.95. The molecule has 0 amide bonds. The maximum Gasteiger partial charge on any atom is 0.137 e. The van der Waals surface area contributed by atoms with Gasteiger partial charge in [-0.3, -0.25) is 9.88 Å². The minimum Gasteiger partial charge on any atom is -0.490 e. The summed E-state index contributed by atoms with van der Waals surface area (Å²) in [7, 11) is 2.14. The highest BCUT2D eigenvalue weighted by Crippen LogP contribution is 2.28. The molecule has 1 atom stereocenters. The van der Waals surface area contributed by atoms with Gasteiger partial charge in [-0.1, -0.05) is 0 Å². The van der Waals surface area contributed by atoms with Crippen LogP contribution in [0.3, 0.4) is 0 Å². The van der Waals surface area contributed by atoms with Crippen molar-refractivity contribution in [1.82, 2.24) is 9.88 Å². The Balaban J connectivity index is 1.90. The molecule has 0 saturated carbocycles. The van der Waals surface area contributed by atoms with E-state index >= 15 is 0 Å². The molecule has 82 valence electrons. The van der Waals surface area contributed by atoms with Crippen LogP contribution in [0.15, 0.2) is 18.3 Å². The number of aromatic nitrogens is 1. The summed E-state index contributed by atoms with van der Waals surface area (Å²) in [6.07, 6.45) is 3.00. The Kier molecular flexibility index (Phi) is 2.65. The maximum absolute atomic E-state index is 5.73. The zero-order valence-electron chi connectivity index (χ0n) is 9.66. The van der Waals surface area contributed by atoms with Crippen LogP contribution < -0.4 is 4.74 Å². The van der Waals surface area contributed by atoms with Crippen LogP contribution in [0.1, 0.15) is 19.0 Å². The smallest absolute Gasteiger partial charge is 0.137 e. The van der Waals surface area contributed by atoms with E-state index in [4.69, 9.17) is 4.74 Å². The van der Waals surface area contributed by atoms with Crippen molar-refractivity contribution in [2.75, 3.05) is 20.2 Å². The number of likely N-dealkylation sites (N-methyl/N-ethyl adjacent to an activating group) is 1. The number of aryl methyl sites for hydroxylation is 1. The quantitative estimate of drug-likeness (QED) is 0.755. The fourth-order valence-corrected chi connectivity index (χ4v) is 1.68. The van der Waals surface area contributed by atoms with Crippen LogP contribution in [0.2, 0.25) is 0 Å². The molecule has 1 saturated heterocycles. The Hall–Kier alpha value is -1.09. The molecule has 1 aliphatic rings. The molecule has 3 heteroatoms. The molecule has 0 spiro atoms. The Bertz CT molecular complexity index is 336. The molecule has 15 heavy (non-hydrogen) atoms. The molecule has 0 aromatic carbocycles. The molecular weight excluding hydrogens is 188 g/mol. The van der Waals surface area contributed by atoms with Crippen molar-refractivity contribution in [3.63, 3.8) is 0 Å². The van der Waals surface area contributed by atoms with Crippen molar-refractivity contribution < 1.29 is 4.74 Å². The van der Waals surface area contributed by atoms with Crippen LogP contribution in [0.5, 0.6) is 5.75 Å². The van der Waals surface area contributed by atoms with E-state index in [2.05, 4.69) is 23.9 Å². The van der Waals surface area contributed by atoms with Crippen molar-refractivity contribution in [2.45, 2.75) is 25.8 Å². The molecule has 1 aromatic rings. The van der Waals surface area contributed by atoms with Gasteiger partial charge in [-0.05, 0) is 39.4 Å². The number of ether oxygens (including phenoxy) is 1. The second kappa shape index (κ2) is 3.81. The largest absolute Gasteiger partial charge is 0.490 e. The number of likely N-dealkylation sites (tertiary alicyclic amines) is 1. The molecule has 1 fully saturated rings. The van der Waals surface area contributed by atoms with Crippen molar-refractivity contribution in [3.8, 4) is 5.75 Å². The van der Waals surface area contributed by atoms with Crippen LogP contribution in [0, 0.1) is 6.92 Å². The number of nitrogens with zero attached hydrogens (tertiary/aromatic N) is 2. The molecule has 1 aromatic heterocycles. The van der Waals surface area contributed by atoms with Crippen molar-refractivity contribution >= 4 is 0 Å². The Morgan fingerprint density at radius 1 is 1.53 bits per heavy atom. The number of rotatable bonds is 3. The summed E-state index contributed by atoms with van der Waals surface area (Å²) in [5.74, 6) is 0.863. The molecule has 2 heterocycles. The van der Waals surface area contributed by atoms with Gasteiger partial charge >= 0.3 is 0 Å². The van der Waals surface area contributed by atoms with Crippen LogP contribution in [0.4, 0.5) is 0 Å².